The predicted octanol–water partition coefficient (Wildman–Crippen LogP) is 1.21. The van der Waals surface area contributed by atoms with E-state index in [9.17, 15) is 19.7 Å². The molecule has 0 aliphatic heterocycles. The predicted molar refractivity (Wildman–Crippen MR) is 71.3 cm³/mol. The number of carbonyl (C=O) groups excluding carboxylic acids is 1. The molecule has 0 fully saturated rings. The lowest BCUT2D eigenvalue weighted by Crippen LogP contribution is -2.27. The summed E-state index contributed by atoms with van der Waals surface area (Å²) in [7, 11) is 0. The highest BCUT2D eigenvalue weighted by Gasteiger charge is 2.10. The summed E-state index contributed by atoms with van der Waals surface area (Å²) in [6.07, 6.45) is 2.74. The number of hydrogen-bond donors (Lipinski definition) is 2. The van der Waals surface area contributed by atoms with Gasteiger partial charge in [-0.25, -0.2) is 0 Å². The van der Waals surface area contributed by atoms with Gasteiger partial charge in [-0.3, -0.25) is 19.7 Å². The summed E-state index contributed by atoms with van der Waals surface area (Å²) in [5, 5.41) is 13.2. The van der Waals surface area contributed by atoms with Gasteiger partial charge in [0.1, 0.15) is 5.56 Å². The molecule has 7 heteroatoms. The van der Waals surface area contributed by atoms with Crippen molar-refractivity contribution < 1.29 is 9.72 Å². The quantitative estimate of drug-likeness (QED) is 0.645. The second-order valence-electron chi connectivity index (χ2n) is 4.03. The maximum atomic E-state index is 11.8. The number of nitro groups is 1. The monoisotopic (exact) mass is 273 g/mol. The maximum absolute atomic E-state index is 11.8. The number of rotatable bonds is 4. The number of benzene rings is 1. The third-order valence-corrected chi connectivity index (χ3v) is 2.64. The Morgan fingerprint density at radius 1 is 1.35 bits per heavy atom. The van der Waals surface area contributed by atoms with Crippen molar-refractivity contribution in [3.05, 3.63) is 74.2 Å². The van der Waals surface area contributed by atoms with E-state index in [0.29, 0.717) is 5.56 Å². The van der Waals surface area contributed by atoms with Gasteiger partial charge in [-0.05, 0) is 5.56 Å². The Kier molecular flexibility index (Phi) is 3.90. The van der Waals surface area contributed by atoms with Gasteiger partial charge in [-0.1, -0.05) is 12.1 Å². The first-order valence-electron chi connectivity index (χ1n) is 5.76. The smallest absolute Gasteiger partial charge is 0.269 e. The molecule has 0 aliphatic carbocycles. The van der Waals surface area contributed by atoms with E-state index in [1.54, 1.807) is 6.07 Å². The molecular formula is C13H11N3O4. The summed E-state index contributed by atoms with van der Waals surface area (Å²) >= 11 is 0. The van der Waals surface area contributed by atoms with E-state index in [0.717, 1.165) is 0 Å². The standard InChI is InChI=1S/C13H11N3O4/c17-12-4-5-14-8-11(12)13(18)15-7-9-2-1-3-10(6-9)16(19)20/h1-6,8H,7H2,(H,14,17)(H,15,18). The van der Waals surface area contributed by atoms with Crippen LogP contribution in [0.2, 0.25) is 0 Å². The van der Waals surface area contributed by atoms with Crippen LogP contribution in [-0.4, -0.2) is 15.8 Å². The van der Waals surface area contributed by atoms with Crippen molar-refractivity contribution in [3.8, 4) is 0 Å². The number of carbonyl (C=O) groups is 1. The average molecular weight is 273 g/mol. The molecule has 2 N–H and O–H groups in total. The van der Waals surface area contributed by atoms with Crippen LogP contribution in [0.4, 0.5) is 5.69 Å². The molecule has 0 atom stereocenters. The summed E-state index contributed by atoms with van der Waals surface area (Å²) in [6.45, 7) is 0.106. The highest BCUT2D eigenvalue weighted by molar-refractivity contribution is 5.93. The van der Waals surface area contributed by atoms with Crippen molar-refractivity contribution in [2.45, 2.75) is 6.54 Å². The van der Waals surface area contributed by atoms with Crippen LogP contribution in [0.3, 0.4) is 0 Å². The Bertz CT molecular complexity index is 709. The van der Waals surface area contributed by atoms with Crippen LogP contribution in [0.5, 0.6) is 0 Å². The van der Waals surface area contributed by atoms with Crippen LogP contribution in [0.25, 0.3) is 0 Å². The molecule has 0 aliphatic rings. The third-order valence-electron chi connectivity index (χ3n) is 2.64. The van der Waals surface area contributed by atoms with Crippen molar-refractivity contribution in [1.82, 2.24) is 10.3 Å². The number of pyridine rings is 1. The van der Waals surface area contributed by atoms with Crippen molar-refractivity contribution in [1.29, 1.82) is 0 Å². The van der Waals surface area contributed by atoms with E-state index in [4.69, 9.17) is 0 Å². The minimum absolute atomic E-state index is 0.00192. The normalized spacial score (nSPS) is 10.0. The van der Waals surface area contributed by atoms with Gasteiger partial charge in [0.15, 0.2) is 5.43 Å². The fourth-order valence-corrected chi connectivity index (χ4v) is 1.65. The molecule has 0 saturated heterocycles. The summed E-state index contributed by atoms with van der Waals surface area (Å²) < 4.78 is 0. The van der Waals surface area contributed by atoms with Crippen LogP contribution in [0.1, 0.15) is 15.9 Å². The van der Waals surface area contributed by atoms with Crippen molar-refractivity contribution >= 4 is 11.6 Å². The second kappa shape index (κ2) is 5.79. The van der Waals surface area contributed by atoms with Gasteiger partial charge in [-0.2, -0.15) is 0 Å². The van der Waals surface area contributed by atoms with Crippen LogP contribution in [0.15, 0.2) is 47.5 Å². The van der Waals surface area contributed by atoms with Crippen LogP contribution in [0, 0.1) is 10.1 Å². The fourth-order valence-electron chi connectivity index (χ4n) is 1.65. The maximum Gasteiger partial charge on any atom is 0.269 e. The van der Waals surface area contributed by atoms with Crippen molar-refractivity contribution in [3.63, 3.8) is 0 Å². The first kappa shape index (κ1) is 13.5. The van der Waals surface area contributed by atoms with Crippen molar-refractivity contribution in [2.75, 3.05) is 0 Å². The first-order chi connectivity index (χ1) is 9.58. The Morgan fingerprint density at radius 2 is 2.15 bits per heavy atom. The van der Waals surface area contributed by atoms with E-state index in [-0.39, 0.29) is 23.2 Å². The molecule has 0 saturated carbocycles. The van der Waals surface area contributed by atoms with Gasteiger partial charge in [-0.15, -0.1) is 0 Å². The first-order valence-corrected chi connectivity index (χ1v) is 5.76. The van der Waals surface area contributed by atoms with Crippen LogP contribution in [-0.2, 0) is 6.54 Å². The summed E-state index contributed by atoms with van der Waals surface area (Å²) in [4.78, 5) is 36.0. The molecule has 1 heterocycles. The van der Waals surface area contributed by atoms with E-state index in [1.165, 1.54) is 36.7 Å². The zero-order valence-corrected chi connectivity index (χ0v) is 10.3. The van der Waals surface area contributed by atoms with Gasteiger partial charge in [0.05, 0.1) is 4.92 Å². The molecule has 1 amide bonds. The molecule has 20 heavy (non-hydrogen) atoms. The lowest BCUT2D eigenvalue weighted by Gasteiger charge is -2.04. The second-order valence-corrected chi connectivity index (χ2v) is 4.03. The minimum atomic E-state index is -0.529. The molecule has 0 radical (unpaired) electrons. The van der Waals surface area contributed by atoms with E-state index in [2.05, 4.69) is 10.3 Å². The van der Waals surface area contributed by atoms with Crippen molar-refractivity contribution in [2.24, 2.45) is 0 Å². The van der Waals surface area contributed by atoms with Crippen LogP contribution >= 0.6 is 0 Å². The number of aromatic nitrogens is 1. The SMILES string of the molecule is O=C(NCc1cccc([N+](=O)[O-])c1)c1c[nH]ccc1=O. The number of nitro benzene ring substituents is 1. The minimum Gasteiger partial charge on any atom is -0.367 e. The Hall–Kier alpha value is -2.96. The number of H-pyrrole nitrogens is 1. The highest BCUT2D eigenvalue weighted by Crippen LogP contribution is 2.12. The highest BCUT2D eigenvalue weighted by atomic mass is 16.6. The van der Waals surface area contributed by atoms with Gasteiger partial charge < -0.3 is 10.3 Å². The average Bonchev–Trinajstić information content (AvgIpc) is 2.45. The lowest BCUT2D eigenvalue weighted by atomic mass is 10.2. The van der Waals surface area contributed by atoms with Gasteiger partial charge in [0.2, 0.25) is 0 Å². The van der Waals surface area contributed by atoms with Gasteiger partial charge in [0.25, 0.3) is 11.6 Å². The van der Waals surface area contributed by atoms with E-state index in [1.807, 2.05) is 0 Å². The molecular weight excluding hydrogens is 262 g/mol. The van der Waals surface area contributed by atoms with Gasteiger partial charge >= 0.3 is 0 Å². The number of aromatic amines is 1. The number of nitrogens with zero attached hydrogens (tertiary/aromatic N) is 1. The number of nitrogens with one attached hydrogen (secondary N) is 2. The largest absolute Gasteiger partial charge is 0.367 e. The number of hydrogen-bond acceptors (Lipinski definition) is 4. The summed E-state index contributed by atoms with van der Waals surface area (Å²) in [6, 6.07) is 7.18. The Labute approximate surface area is 113 Å². The summed E-state index contributed by atoms with van der Waals surface area (Å²) in [5.74, 6) is -0.529. The van der Waals surface area contributed by atoms with E-state index < -0.39 is 10.8 Å². The Balaban J connectivity index is 2.08. The molecule has 0 unspecified atom stereocenters. The topological polar surface area (TPSA) is 105 Å². The molecule has 1 aromatic heterocycles. The molecule has 2 aromatic rings. The molecule has 102 valence electrons. The lowest BCUT2D eigenvalue weighted by molar-refractivity contribution is -0.384. The fraction of sp³-hybridized carbons (Fsp3) is 0.0769. The molecule has 2 rings (SSSR count). The number of non-ortho nitro benzene ring substituents is 1. The third kappa shape index (κ3) is 3.08. The van der Waals surface area contributed by atoms with E-state index >= 15 is 0 Å². The Morgan fingerprint density at radius 3 is 2.85 bits per heavy atom. The summed E-state index contributed by atoms with van der Waals surface area (Å²) in [5.41, 5.74) is 0.146. The molecule has 0 bridgehead atoms. The van der Waals surface area contributed by atoms with Gasteiger partial charge in [0, 0.05) is 37.1 Å². The number of amides is 1. The zero-order chi connectivity index (χ0) is 14.5. The zero-order valence-electron chi connectivity index (χ0n) is 10.3. The molecule has 1 aromatic carbocycles. The molecule has 7 nitrogen and oxygen atoms in total. The molecule has 0 spiro atoms. The van der Waals surface area contributed by atoms with Crippen LogP contribution < -0.4 is 10.7 Å².